The van der Waals surface area contributed by atoms with Gasteiger partial charge in [-0.25, -0.2) is 0 Å². The fraction of sp³-hybridized carbons (Fsp3) is 0.400. The molecule has 0 aliphatic rings. The molecule has 0 spiro atoms. The molecule has 0 saturated carbocycles. The van der Waals surface area contributed by atoms with Crippen LogP contribution in [0.5, 0.6) is 0 Å². The van der Waals surface area contributed by atoms with E-state index in [1.807, 2.05) is 45.4 Å². The standard InChI is InChI=1S/C15H21N3OS/c1-17(2)9-6-10-18(3)15(19)14-13(16)11-7-4-5-8-12(11)20-14/h4-5,7-8H,6,9-10,16H2,1-3H3. The number of anilines is 1. The minimum atomic E-state index is 0.0162. The summed E-state index contributed by atoms with van der Waals surface area (Å²) in [4.78, 5) is 17.0. The van der Waals surface area contributed by atoms with Crippen LogP contribution >= 0.6 is 11.3 Å². The van der Waals surface area contributed by atoms with Gasteiger partial charge in [0, 0.05) is 23.7 Å². The van der Waals surface area contributed by atoms with Crippen LogP contribution in [0.1, 0.15) is 16.1 Å². The number of nitrogens with two attached hydrogens (primary N) is 1. The first kappa shape index (κ1) is 14.8. The Morgan fingerprint density at radius 1 is 1.20 bits per heavy atom. The first-order valence-electron chi connectivity index (χ1n) is 6.68. The van der Waals surface area contributed by atoms with Crippen LogP contribution in [0.15, 0.2) is 24.3 Å². The summed E-state index contributed by atoms with van der Waals surface area (Å²) in [5.41, 5.74) is 6.72. The largest absolute Gasteiger partial charge is 0.397 e. The number of nitrogens with zero attached hydrogens (tertiary/aromatic N) is 2. The number of hydrogen-bond donors (Lipinski definition) is 1. The van der Waals surface area contributed by atoms with Gasteiger partial charge in [-0.15, -0.1) is 11.3 Å². The molecule has 0 radical (unpaired) electrons. The van der Waals surface area contributed by atoms with Gasteiger partial charge in [-0.2, -0.15) is 0 Å². The van der Waals surface area contributed by atoms with E-state index in [9.17, 15) is 4.79 Å². The summed E-state index contributed by atoms with van der Waals surface area (Å²) in [5.74, 6) is 0.0162. The van der Waals surface area contributed by atoms with E-state index in [2.05, 4.69) is 4.90 Å². The van der Waals surface area contributed by atoms with Gasteiger partial charge in [0.25, 0.3) is 5.91 Å². The number of benzene rings is 1. The third kappa shape index (κ3) is 3.11. The molecule has 1 aromatic carbocycles. The van der Waals surface area contributed by atoms with Crippen LogP contribution in [0.25, 0.3) is 10.1 Å². The fourth-order valence-corrected chi connectivity index (χ4v) is 3.24. The monoisotopic (exact) mass is 291 g/mol. The van der Waals surface area contributed by atoms with Crippen LogP contribution in [-0.4, -0.2) is 49.9 Å². The maximum atomic E-state index is 12.5. The van der Waals surface area contributed by atoms with Crippen molar-refractivity contribution < 1.29 is 4.79 Å². The van der Waals surface area contributed by atoms with Gasteiger partial charge in [0.1, 0.15) is 4.88 Å². The van der Waals surface area contributed by atoms with Gasteiger partial charge < -0.3 is 15.5 Å². The first-order valence-corrected chi connectivity index (χ1v) is 7.49. The predicted molar refractivity (Wildman–Crippen MR) is 86.4 cm³/mol. The van der Waals surface area contributed by atoms with E-state index >= 15 is 0 Å². The van der Waals surface area contributed by atoms with Crippen LogP contribution in [0, 0.1) is 0 Å². The quantitative estimate of drug-likeness (QED) is 0.921. The zero-order valence-electron chi connectivity index (χ0n) is 12.2. The zero-order chi connectivity index (χ0) is 14.7. The molecular formula is C15H21N3OS. The lowest BCUT2D eigenvalue weighted by molar-refractivity contribution is 0.0796. The molecule has 5 heteroatoms. The van der Waals surface area contributed by atoms with Gasteiger partial charge >= 0.3 is 0 Å². The zero-order valence-corrected chi connectivity index (χ0v) is 13.0. The van der Waals surface area contributed by atoms with E-state index in [1.54, 1.807) is 4.90 Å². The van der Waals surface area contributed by atoms with Crippen molar-refractivity contribution in [2.45, 2.75) is 6.42 Å². The number of hydrogen-bond acceptors (Lipinski definition) is 4. The topological polar surface area (TPSA) is 49.6 Å². The van der Waals surface area contributed by atoms with Crippen LogP contribution < -0.4 is 5.73 Å². The molecule has 1 aromatic heterocycles. The van der Waals surface area contributed by atoms with E-state index < -0.39 is 0 Å². The van der Waals surface area contributed by atoms with E-state index in [1.165, 1.54) is 11.3 Å². The second-order valence-electron chi connectivity index (χ2n) is 5.22. The lowest BCUT2D eigenvalue weighted by atomic mass is 10.2. The molecule has 1 heterocycles. The van der Waals surface area contributed by atoms with Crippen molar-refractivity contribution in [1.29, 1.82) is 0 Å². The molecule has 0 aliphatic carbocycles. The number of carbonyl (C=O) groups is 1. The molecule has 1 amide bonds. The Morgan fingerprint density at radius 2 is 1.90 bits per heavy atom. The summed E-state index contributed by atoms with van der Waals surface area (Å²) in [6, 6.07) is 7.87. The molecule has 0 fully saturated rings. The average Bonchev–Trinajstić information content (AvgIpc) is 2.75. The van der Waals surface area contributed by atoms with Crippen molar-refractivity contribution in [3.05, 3.63) is 29.1 Å². The molecule has 0 atom stereocenters. The molecule has 20 heavy (non-hydrogen) atoms. The molecule has 0 bridgehead atoms. The van der Waals surface area contributed by atoms with Crippen LogP contribution in [0.2, 0.25) is 0 Å². The smallest absolute Gasteiger partial charge is 0.265 e. The molecular weight excluding hydrogens is 270 g/mol. The predicted octanol–water partition coefficient (Wildman–Crippen LogP) is 2.51. The van der Waals surface area contributed by atoms with E-state index in [4.69, 9.17) is 5.73 Å². The highest BCUT2D eigenvalue weighted by molar-refractivity contribution is 7.21. The van der Waals surface area contributed by atoms with Gasteiger partial charge in [-0.05, 0) is 33.1 Å². The van der Waals surface area contributed by atoms with Gasteiger partial charge in [0.2, 0.25) is 0 Å². The molecule has 2 rings (SSSR count). The van der Waals surface area contributed by atoms with Crippen LogP contribution in [0.3, 0.4) is 0 Å². The second-order valence-corrected chi connectivity index (χ2v) is 6.28. The average molecular weight is 291 g/mol. The van der Waals surface area contributed by atoms with Gasteiger partial charge in [-0.3, -0.25) is 4.79 Å². The molecule has 0 saturated heterocycles. The number of thiophene rings is 1. The Labute approximate surface area is 123 Å². The number of rotatable bonds is 5. The SMILES string of the molecule is CN(C)CCCN(C)C(=O)c1sc2ccccc2c1N. The van der Waals surface area contributed by atoms with Crippen molar-refractivity contribution in [2.24, 2.45) is 0 Å². The number of fused-ring (bicyclic) bond motifs is 1. The summed E-state index contributed by atoms with van der Waals surface area (Å²) in [5, 5.41) is 0.975. The fourth-order valence-electron chi connectivity index (χ4n) is 2.12. The Morgan fingerprint density at radius 3 is 2.55 bits per heavy atom. The Balaban J connectivity index is 2.12. The summed E-state index contributed by atoms with van der Waals surface area (Å²) < 4.78 is 1.06. The number of carbonyl (C=O) groups excluding carboxylic acids is 1. The summed E-state index contributed by atoms with van der Waals surface area (Å²) in [6.07, 6.45) is 0.958. The van der Waals surface area contributed by atoms with Crippen molar-refractivity contribution in [3.63, 3.8) is 0 Å². The lowest BCUT2D eigenvalue weighted by Crippen LogP contribution is -2.29. The maximum absolute atomic E-state index is 12.5. The first-order chi connectivity index (χ1) is 9.50. The van der Waals surface area contributed by atoms with Crippen LogP contribution in [-0.2, 0) is 0 Å². The van der Waals surface area contributed by atoms with Crippen molar-refractivity contribution in [3.8, 4) is 0 Å². The summed E-state index contributed by atoms with van der Waals surface area (Å²) in [6.45, 7) is 1.71. The minimum Gasteiger partial charge on any atom is -0.397 e. The maximum Gasteiger partial charge on any atom is 0.265 e. The third-order valence-corrected chi connectivity index (χ3v) is 4.45. The summed E-state index contributed by atoms with van der Waals surface area (Å²) in [7, 11) is 5.90. The van der Waals surface area contributed by atoms with Gasteiger partial charge in [0.15, 0.2) is 0 Å². The number of amides is 1. The van der Waals surface area contributed by atoms with Crippen molar-refractivity contribution >= 4 is 33.0 Å². The van der Waals surface area contributed by atoms with E-state index in [0.29, 0.717) is 10.6 Å². The normalized spacial score (nSPS) is 11.2. The Bertz CT molecular complexity index is 606. The molecule has 2 N–H and O–H groups in total. The van der Waals surface area contributed by atoms with Gasteiger partial charge in [-0.1, -0.05) is 18.2 Å². The highest BCUT2D eigenvalue weighted by Gasteiger charge is 2.19. The molecule has 0 unspecified atom stereocenters. The van der Waals surface area contributed by atoms with Crippen molar-refractivity contribution in [1.82, 2.24) is 9.80 Å². The lowest BCUT2D eigenvalue weighted by Gasteiger charge is -2.18. The van der Waals surface area contributed by atoms with Crippen molar-refractivity contribution in [2.75, 3.05) is 40.0 Å². The molecule has 2 aromatic rings. The highest BCUT2D eigenvalue weighted by Crippen LogP contribution is 2.33. The second kappa shape index (κ2) is 6.24. The van der Waals surface area contributed by atoms with Gasteiger partial charge in [0.05, 0.1) is 5.69 Å². The Kier molecular flexibility index (Phi) is 4.62. The summed E-state index contributed by atoms with van der Waals surface area (Å²) >= 11 is 1.47. The number of nitrogen functional groups attached to an aromatic ring is 1. The van der Waals surface area contributed by atoms with Crippen LogP contribution in [0.4, 0.5) is 5.69 Å². The molecule has 108 valence electrons. The molecule has 0 aliphatic heterocycles. The molecule has 4 nitrogen and oxygen atoms in total. The Hall–Kier alpha value is -1.59. The minimum absolute atomic E-state index is 0.0162. The van der Waals surface area contributed by atoms with E-state index in [0.717, 1.165) is 29.6 Å². The highest BCUT2D eigenvalue weighted by atomic mass is 32.1. The third-order valence-electron chi connectivity index (χ3n) is 3.27. The van der Waals surface area contributed by atoms with E-state index in [-0.39, 0.29) is 5.91 Å².